The largest absolute Gasteiger partial charge is 0.341 e. The number of hydrogen-bond donors (Lipinski definition) is 1. The van der Waals surface area contributed by atoms with Gasteiger partial charge in [0.25, 0.3) is 0 Å². The third-order valence-corrected chi connectivity index (χ3v) is 2.20. The first-order valence-electron chi connectivity index (χ1n) is 5.57. The van der Waals surface area contributed by atoms with Gasteiger partial charge in [-0.2, -0.15) is 0 Å². The Hall–Kier alpha value is -0.570. The molecule has 0 heterocycles. The van der Waals surface area contributed by atoms with Crippen molar-refractivity contribution in [1.29, 1.82) is 0 Å². The van der Waals surface area contributed by atoms with Gasteiger partial charge in [-0.1, -0.05) is 27.2 Å². The van der Waals surface area contributed by atoms with Crippen LogP contribution < -0.4 is 5.73 Å². The third-order valence-electron chi connectivity index (χ3n) is 2.20. The van der Waals surface area contributed by atoms with Gasteiger partial charge in [0.05, 0.1) is 6.04 Å². The molecule has 0 aliphatic rings. The zero-order valence-corrected chi connectivity index (χ0v) is 9.92. The number of hydrogen-bond acceptors (Lipinski definition) is 2. The number of likely N-dealkylation sites (N-methyl/N-ethyl adjacent to an activating group) is 1. The van der Waals surface area contributed by atoms with Gasteiger partial charge in [0, 0.05) is 13.1 Å². The van der Waals surface area contributed by atoms with Crippen LogP contribution in [-0.4, -0.2) is 29.9 Å². The molecule has 0 bridgehead atoms. The van der Waals surface area contributed by atoms with Crippen molar-refractivity contribution in [3.63, 3.8) is 0 Å². The summed E-state index contributed by atoms with van der Waals surface area (Å²) < 4.78 is 0. The smallest absolute Gasteiger partial charge is 0.239 e. The van der Waals surface area contributed by atoms with Crippen molar-refractivity contribution < 1.29 is 4.79 Å². The molecule has 0 aliphatic heterocycles. The van der Waals surface area contributed by atoms with Gasteiger partial charge in [-0.3, -0.25) is 4.79 Å². The molecule has 0 spiro atoms. The molecule has 3 nitrogen and oxygen atoms in total. The molecule has 0 fully saturated rings. The molecule has 3 heteroatoms. The second kappa shape index (κ2) is 6.82. The second-order valence-electron chi connectivity index (χ2n) is 4.17. The molecule has 1 unspecified atom stereocenters. The molecule has 0 saturated heterocycles. The maximum Gasteiger partial charge on any atom is 0.239 e. The minimum absolute atomic E-state index is 0.100. The molecule has 84 valence electrons. The summed E-state index contributed by atoms with van der Waals surface area (Å²) in [7, 11) is 0. The Kier molecular flexibility index (Phi) is 6.54. The maximum atomic E-state index is 11.8. The Labute approximate surface area is 87.6 Å². The van der Waals surface area contributed by atoms with E-state index < -0.39 is 0 Å². The summed E-state index contributed by atoms with van der Waals surface area (Å²) in [5.74, 6) is 0.607. The number of nitrogens with zero attached hydrogens (tertiary/aromatic N) is 1. The summed E-state index contributed by atoms with van der Waals surface area (Å²) >= 11 is 0. The van der Waals surface area contributed by atoms with Crippen molar-refractivity contribution in [2.45, 2.75) is 46.6 Å². The summed E-state index contributed by atoms with van der Waals surface area (Å²) in [6.07, 6.45) is 1.75. The molecule has 0 rings (SSSR count). The lowest BCUT2D eigenvalue weighted by atomic mass is 10.1. The van der Waals surface area contributed by atoms with E-state index in [-0.39, 0.29) is 11.9 Å². The molecular weight excluding hydrogens is 176 g/mol. The molecule has 0 aromatic carbocycles. The van der Waals surface area contributed by atoms with Gasteiger partial charge in [-0.25, -0.2) is 0 Å². The van der Waals surface area contributed by atoms with E-state index in [0.29, 0.717) is 5.92 Å². The van der Waals surface area contributed by atoms with Crippen LogP contribution in [0.4, 0.5) is 0 Å². The summed E-state index contributed by atoms with van der Waals surface area (Å²) in [6, 6.07) is -0.307. The highest BCUT2D eigenvalue weighted by molar-refractivity contribution is 5.81. The molecule has 2 N–H and O–H groups in total. The first kappa shape index (κ1) is 13.4. The Morgan fingerprint density at radius 1 is 1.36 bits per heavy atom. The zero-order chi connectivity index (χ0) is 11.1. The average Bonchev–Trinajstić information content (AvgIpc) is 2.13. The zero-order valence-electron chi connectivity index (χ0n) is 9.92. The summed E-state index contributed by atoms with van der Waals surface area (Å²) in [5.41, 5.74) is 5.79. The van der Waals surface area contributed by atoms with E-state index in [9.17, 15) is 4.79 Å². The molecule has 0 aromatic heterocycles. The first-order chi connectivity index (χ1) is 6.52. The average molecular weight is 200 g/mol. The second-order valence-corrected chi connectivity index (χ2v) is 4.17. The fourth-order valence-corrected chi connectivity index (χ4v) is 1.48. The lowest BCUT2D eigenvalue weighted by Gasteiger charge is -2.25. The Morgan fingerprint density at radius 2 is 1.93 bits per heavy atom. The molecular formula is C11H24N2O. The van der Waals surface area contributed by atoms with Crippen LogP contribution in [0.25, 0.3) is 0 Å². The fraction of sp³-hybridized carbons (Fsp3) is 0.909. The van der Waals surface area contributed by atoms with E-state index in [1.807, 2.05) is 18.7 Å². The highest BCUT2D eigenvalue weighted by atomic mass is 16.2. The highest BCUT2D eigenvalue weighted by Crippen LogP contribution is 2.03. The van der Waals surface area contributed by atoms with Crippen molar-refractivity contribution in [3.8, 4) is 0 Å². The fourth-order valence-electron chi connectivity index (χ4n) is 1.48. The number of nitrogens with two attached hydrogens (primary N) is 1. The van der Waals surface area contributed by atoms with Crippen LogP contribution in [0, 0.1) is 5.92 Å². The summed E-state index contributed by atoms with van der Waals surface area (Å²) in [6.45, 7) is 9.84. The van der Waals surface area contributed by atoms with E-state index >= 15 is 0 Å². The van der Waals surface area contributed by atoms with Crippen molar-refractivity contribution in [3.05, 3.63) is 0 Å². The minimum atomic E-state index is -0.307. The van der Waals surface area contributed by atoms with Gasteiger partial charge in [-0.15, -0.1) is 0 Å². The Bertz CT molecular complexity index is 169. The van der Waals surface area contributed by atoms with Crippen LogP contribution in [0.15, 0.2) is 0 Å². The van der Waals surface area contributed by atoms with Gasteiger partial charge in [0.1, 0.15) is 0 Å². The molecule has 14 heavy (non-hydrogen) atoms. The molecule has 0 radical (unpaired) electrons. The lowest BCUT2D eigenvalue weighted by Crippen LogP contribution is -2.45. The molecule has 0 aromatic rings. The normalized spacial score (nSPS) is 13.0. The molecule has 1 amide bonds. The van der Waals surface area contributed by atoms with E-state index in [1.165, 1.54) is 0 Å². The minimum Gasteiger partial charge on any atom is -0.341 e. The van der Waals surface area contributed by atoms with Crippen LogP contribution in [0.3, 0.4) is 0 Å². The quantitative estimate of drug-likeness (QED) is 0.708. The van der Waals surface area contributed by atoms with Crippen LogP contribution in [0.5, 0.6) is 0 Å². The van der Waals surface area contributed by atoms with Crippen LogP contribution in [0.1, 0.15) is 40.5 Å². The highest BCUT2D eigenvalue weighted by Gasteiger charge is 2.19. The van der Waals surface area contributed by atoms with Gasteiger partial charge >= 0.3 is 0 Å². The van der Waals surface area contributed by atoms with Gasteiger partial charge in [0.15, 0.2) is 0 Å². The predicted molar refractivity (Wildman–Crippen MR) is 60.0 cm³/mol. The van der Waals surface area contributed by atoms with Crippen molar-refractivity contribution in [2.24, 2.45) is 11.7 Å². The van der Waals surface area contributed by atoms with E-state index in [0.717, 1.165) is 25.9 Å². The standard InChI is InChI=1S/C11H24N2O/c1-5-7-10(12)11(14)13(6-2)8-9(3)4/h9-10H,5-8,12H2,1-4H3. The van der Waals surface area contributed by atoms with Gasteiger partial charge in [-0.05, 0) is 19.3 Å². The van der Waals surface area contributed by atoms with E-state index in [4.69, 9.17) is 5.73 Å². The SMILES string of the molecule is CCCC(N)C(=O)N(CC)CC(C)C. The van der Waals surface area contributed by atoms with Crippen LogP contribution >= 0.6 is 0 Å². The van der Waals surface area contributed by atoms with Crippen LogP contribution in [0.2, 0.25) is 0 Å². The van der Waals surface area contributed by atoms with E-state index in [2.05, 4.69) is 13.8 Å². The maximum absolute atomic E-state index is 11.8. The van der Waals surface area contributed by atoms with Crippen molar-refractivity contribution in [1.82, 2.24) is 4.90 Å². The molecule has 0 aliphatic carbocycles. The Morgan fingerprint density at radius 3 is 2.29 bits per heavy atom. The predicted octanol–water partition coefficient (Wildman–Crippen LogP) is 1.62. The molecule has 1 atom stereocenters. The van der Waals surface area contributed by atoms with Gasteiger partial charge < -0.3 is 10.6 Å². The Balaban J connectivity index is 4.15. The number of carbonyl (C=O) groups is 1. The number of carbonyl (C=O) groups excluding carboxylic acids is 1. The molecule has 0 saturated carbocycles. The summed E-state index contributed by atoms with van der Waals surface area (Å²) in [4.78, 5) is 13.7. The number of rotatable bonds is 6. The monoisotopic (exact) mass is 200 g/mol. The lowest BCUT2D eigenvalue weighted by molar-refractivity contribution is -0.133. The van der Waals surface area contributed by atoms with Gasteiger partial charge in [0.2, 0.25) is 5.91 Å². The van der Waals surface area contributed by atoms with Crippen molar-refractivity contribution >= 4 is 5.91 Å². The third kappa shape index (κ3) is 4.61. The topological polar surface area (TPSA) is 46.3 Å². The number of amides is 1. The van der Waals surface area contributed by atoms with Crippen LogP contribution in [-0.2, 0) is 4.79 Å². The van der Waals surface area contributed by atoms with Crippen molar-refractivity contribution in [2.75, 3.05) is 13.1 Å². The first-order valence-corrected chi connectivity index (χ1v) is 5.57. The van der Waals surface area contributed by atoms with E-state index in [1.54, 1.807) is 0 Å². The summed E-state index contributed by atoms with van der Waals surface area (Å²) in [5, 5.41) is 0.